The third-order valence-corrected chi connectivity index (χ3v) is 5.67. The molecular formula is C22H26FNO4. The number of ether oxygens (including phenoxy) is 2. The molecule has 2 aliphatic carbocycles. The van der Waals surface area contributed by atoms with E-state index < -0.39 is 6.10 Å². The van der Waals surface area contributed by atoms with Crippen LogP contribution >= 0.6 is 0 Å². The summed E-state index contributed by atoms with van der Waals surface area (Å²) >= 11 is 0. The van der Waals surface area contributed by atoms with E-state index in [0.29, 0.717) is 30.6 Å². The topological polar surface area (TPSA) is 79.5 Å². The summed E-state index contributed by atoms with van der Waals surface area (Å²) in [5.74, 6) is 0.576. The minimum absolute atomic E-state index is 0.0486. The number of carbonyl (C=O) groups excluding carboxylic acids is 1. The highest BCUT2D eigenvalue weighted by Gasteiger charge is 2.47. The number of hydrogen-bond acceptors (Lipinski definition) is 5. The van der Waals surface area contributed by atoms with Crippen molar-refractivity contribution in [3.05, 3.63) is 42.2 Å². The van der Waals surface area contributed by atoms with Crippen LogP contribution in [0.3, 0.4) is 0 Å². The molecule has 6 heteroatoms. The van der Waals surface area contributed by atoms with Crippen molar-refractivity contribution in [2.24, 2.45) is 17.8 Å². The average Bonchev–Trinajstić information content (AvgIpc) is 3.19. The Hall–Kier alpha value is -2.23. The number of hydrogen-bond donors (Lipinski definition) is 1. The number of aliphatic hydroxyl groups excluding tert-OH is 1. The second-order valence-electron chi connectivity index (χ2n) is 7.60. The lowest BCUT2D eigenvalue weighted by molar-refractivity contribution is -0.116. The molecule has 28 heavy (non-hydrogen) atoms. The highest BCUT2D eigenvalue weighted by atomic mass is 19.1. The number of rotatable bonds is 9. The summed E-state index contributed by atoms with van der Waals surface area (Å²) in [7, 11) is 0. The fraction of sp³-hybridized carbons (Fsp3) is 0.545. The first-order chi connectivity index (χ1) is 13.6. The van der Waals surface area contributed by atoms with Gasteiger partial charge in [-0.05, 0) is 67.9 Å². The zero-order valence-electron chi connectivity index (χ0n) is 15.8. The van der Waals surface area contributed by atoms with Gasteiger partial charge in [-0.2, -0.15) is 5.26 Å². The molecule has 0 amide bonds. The number of benzene rings is 1. The number of ketones is 1. The lowest BCUT2D eigenvalue weighted by Crippen LogP contribution is -2.20. The van der Waals surface area contributed by atoms with Gasteiger partial charge in [0, 0.05) is 18.9 Å². The zero-order chi connectivity index (χ0) is 19.9. The smallest absolute Gasteiger partial charge is 0.192 e. The van der Waals surface area contributed by atoms with Crippen molar-refractivity contribution in [3.63, 3.8) is 0 Å². The third kappa shape index (κ3) is 5.40. The molecule has 0 heterocycles. The number of nitriles is 1. The van der Waals surface area contributed by atoms with Gasteiger partial charge < -0.3 is 14.6 Å². The first-order valence-electron chi connectivity index (χ1n) is 9.83. The SMILES string of the molecule is N#CCCCOC1C[C@H]2C[C@H](O)[C@@H](C=CC(=O)COc3ccc(F)cc3)[C@@H]2C1. The third-order valence-electron chi connectivity index (χ3n) is 5.67. The van der Waals surface area contributed by atoms with Crippen LogP contribution in [0.2, 0.25) is 0 Å². The first-order valence-corrected chi connectivity index (χ1v) is 9.83. The Morgan fingerprint density at radius 3 is 2.82 bits per heavy atom. The molecule has 2 saturated carbocycles. The van der Waals surface area contributed by atoms with Crippen LogP contribution in [0.15, 0.2) is 36.4 Å². The Morgan fingerprint density at radius 2 is 2.07 bits per heavy atom. The summed E-state index contributed by atoms with van der Waals surface area (Å²) in [6.45, 7) is 0.476. The average molecular weight is 387 g/mol. The van der Waals surface area contributed by atoms with Crippen molar-refractivity contribution in [3.8, 4) is 11.8 Å². The minimum atomic E-state index is -0.434. The highest BCUT2D eigenvalue weighted by molar-refractivity contribution is 5.90. The molecule has 2 aliphatic rings. The number of carbonyl (C=O) groups is 1. The van der Waals surface area contributed by atoms with E-state index in [9.17, 15) is 14.3 Å². The fourth-order valence-corrected chi connectivity index (χ4v) is 4.36. The van der Waals surface area contributed by atoms with E-state index in [1.165, 1.54) is 30.3 Å². The predicted octanol–water partition coefficient (Wildman–Crippen LogP) is 3.43. The maximum atomic E-state index is 12.9. The summed E-state index contributed by atoms with van der Waals surface area (Å²) in [6.07, 6.45) is 6.83. The van der Waals surface area contributed by atoms with Crippen molar-refractivity contribution in [2.45, 2.75) is 44.3 Å². The minimum Gasteiger partial charge on any atom is -0.485 e. The van der Waals surface area contributed by atoms with Gasteiger partial charge in [-0.1, -0.05) is 6.08 Å². The quantitative estimate of drug-likeness (QED) is 0.519. The van der Waals surface area contributed by atoms with Gasteiger partial charge in [-0.3, -0.25) is 4.79 Å². The first kappa shape index (κ1) is 20.5. The molecule has 1 N–H and O–H groups in total. The van der Waals surface area contributed by atoms with Gasteiger partial charge in [0.15, 0.2) is 12.4 Å². The van der Waals surface area contributed by atoms with E-state index in [0.717, 1.165) is 25.7 Å². The van der Waals surface area contributed by atoms with E-state index in [1.54, 1.807) is 0 Å². The molecule has 5 atom stereocenters. The molecular weight excluding hydrogens is 361 g/mol. The maximum Gasteiger partial charge on any atom is 0.192 e. The van der Waals surface area contributed by atoms with E-state index in [-0.39, 0.29) is 30.2 Å². The number of fused-ring (bicyclic) bond motifs is 1. The standard InChI is InChI=1S/C22H26FNO4/c23-16-3-6-18(7-4-16)28-14-17(25)5-8-20-21-13-19(27-10-2-1-9-24)11-15(21)12-22(20)26/h3-8,15,19-22,26H,1-2,10-14H2/t15-,19?,20-,21+,22-/m0/s1. The van der Waals surface area contributed by atoms with Crippen molar-refractivity contribution >= 4 is 5.78 Å². The van der Waals surface area contributed by atoms with Gasteiger partial charge in [0.2, 0.25) is 0 Å². The number of halogens is 1. The normalized spacial score (nSPS) is 29.0. The number of nitrogens with zero attached hydrogens (tertiary/aromatic N) is 1. The van der Waals surface area contributed by atoms with E-state index in [1.807, 2.05) is 6.08 Å². The van der Waals surface area contributed by atoms with Crippen molar-refractivity contribution in [1.82, 2.24) is 0 Å². The second kappa shape index (κ2) is 9.81. The molecule has 1 aromatic carbocycles. The summed E-state index contributed by atoms with van der Waals surface area (Å²) in [5.41, 5.74) is 0. The van der Waals surface area contributed by atoms with Crippen molar-refractivity contribution < 1.29 is 23.8 Å². The van der Waals surface area contributed by atoms with Crippen LogP contribution in [0.4, 0.5) is 4.39 Å². The molecule has 0 spiro atoms. The molecule has 1 aromatic rings. The van der Waals surface area contributed by atoms with E-state index >= 15 is 0 Å². The Kier molecular flexibility index (Phi) is 7.18. The molecule has 150 valence electrons. The van der Waals surface area contributed by atoms with Gasteiger partial charge in [0.25, 0.3) is 0 Å². The molecule has 0 radical (unpaired) electrons. The van der Waals surface area contributed by atoms with Gasteiger partial charge in [0.1, 0.15) is 11.6 Å². The summed E-state index contributed by atoms with van der Waals surface area (Å²) < 4.78 is 24.1. The monoisotopic (exact) mass is 387 g/mol. The highest BCUT2D eigenvalue weighted by Crippen LogP contribution is 2.49. The van der Waals surface area contributed by atoms with Gasteiger partial charge in [0.05, 0.1) is 18.3 Å². The molecule has 5 nitrogen and oxygen atoms in total. The van der Waals surface area contributed by atoms with Gasteiger partial charge in [-0.25, -0.2) is 4.39 Å². The zero-order valence-corrected chi connectivity index (χ0v) is 15.8. The molecule has 0 aliphatic heterocycles. The number of aliphatic hydroxyl groups is 1. The van der Waals surface area contributed by atoms with Crippen LogP contribution in [-0.2, 0) is 9.53 Å². The lowest BCUT2D eigenvalue weighted by atomic mass is 9.90. The van der Waals surface area contributed by atoms with Crippen LogP contribution in [0.25, 0.3) is 0 Å². The van der Waals surface area contributed by atoms with Gasteiger partial charge >= 0.3 is 0 Å². The van der Waals surface area contributed by atoms with Crippen LogP contribution in [0, 0.1) is 34.9 Å². The lowest BCUT2D eigenvalue weighted by Gasteiger charge is -2.19. The number of unbranched alkanes of at least 4 members (excludes halogenated alkanes) is 1. The second-order valence-corrected chi connectivity index (χ2v) is 7.60. The fourth-order valence-electron chi connectivity index (χ4n) is 4.36. The summed E-state index contributed by atoms with van der Waals surface area (Å²) in [6, 6.07) is 7.64. The van der Waals surface area contributed by atoms with Crippen molar-refractivity contribution in [1.29, 1.82) is 5.26 Å². The Labute approximate surface area is 164 Å². The Morgan fingerprint density at radius 1 is 1.29 bits per heavy atom. The van der Waals surface area contributed by atoms with Crippen LogP contribution < -0.4 is 4.74 Å². The van der Waals surface area contributed by atoms with Crippen LogP contribution in [0.1, 0.15) is 32.1 Å². The molecule has 3 rings (SSSR count). The largest absolute Gasteiger partial charge is 0.485 e. The predicted molar refractivity (Wildman–Crippen MR) is 101 cm³/mol. The molecule has 0 aromatic heterocycles. The molecule has 0 bridgehead atoms. The molecule has 2 fully saturated rings. The van der Waals surface area contributed by atoms with E-state index in [2.05, 4.69) is 6.07 Å². The van der Waals surface area contributed by atoms with Crippen LogP contribution in [0.5, 0.6) is 5.75 Å². The van der Waals surface area contributed by atoms with Gasteiger partial charge in [-0.15, -0.1) is 0 Å². The Bertz CT molecular complexity index is 727. The summed E-state index contributed by atoms with van der Waals surface area (Å²) in [5, 5.41) is 18.9. The van der Waals surface area contributed by atoms with Crippen molar-refractivity contribution in [2.75, 3.05) is 13.2 Å². The molecule has 1 unspecified atom stereocenters. The molecule has 0 saturated heterocycles. The Balaban J connectivity index is 1.46. The summed E-state index contributed by atoms with van der Waals surface area (Å²) in [4.78, 5) is 12.1. The van der Waals surface area contributed by atoms with E-state index in [4.69, 9.17) is 14.7 Å². The van der Waals surface area contributed by atoms with Crippen LogP contribution in [-0.4, -0.2) is 36.3 Å². The maximum absolute atomic E-state index is 12.9.